The number of nitrogens with one attached hydrogen (secondary N) is 1. The van der Waals surface area contributed by atoms with Gasteiger partial charge in [0, 0.05) is 24.8 Å². The van der Waals surface area contributed by atoms with Crippen molar-refractivity contribution >= 4 is 0 Å². The molecular formula is C14H18FN3. The highest BCUT2D eigenvalue weighted by Gasteiger charge is 2.13. The third kappa shape index (κ3) is 2.76. The maximum Gasteiger partial charge on any atom is 0.123 e. The summed E-state index contributed by atoms with van der Waals surface area (Å²) in [6, 6.07) is 5.08. The quantitative estimate of drug-likeness (QED) is 0.899. The first-order chi connectivity index (χ1) is 8.60. The lowest BCUT2D eigenvalue weighted by Crippen LogP contribution is -2.18. The summed E-state index contributed by atoms with van der Waals surface area (Å²) in [4.78, 5) is 0. The molecule has 0 bridgehead atoms. The second-order valence-corrected chi connectivity index (χ2v) is 4.56. The van der Waals surface area contributed by atoms with Crippen LogP contribution in [0.5, 0.6) is 0 Å². The Labute approximate surface area is 107 Å². The predicted octanol–water partition coefficient (Wildman–Crippen LogP) is 2.37. The van der Waals surface area contributed by atoms with Crippen LogP contribution < -0.4 is 5.32 Å². The molecule has 1 unspecified atom stereocenters. The molecule has 0 saturated carbocycles. The van der Waals surface area contributed by atoms with Gasteiger partial charge in [-0.2, -0.15) is 5.10 Å². The summed E-state index contributed by atoms with van der Waals surface area (Å²) in [6.07, 6.45) is 4.58. The molecule has 1 aromatic carbocycles. The Kier molecular flexibility index (Phi) is 3.77. The highest BCUT2D eigenvalue weighted by atomic mass is 19.1. The van der Waals surface area contributed by atoms with E-state index in [1.165, 1.54) is 6.07 Å². The number of nitrogens with zero attached hydrogens (tertiary/aromatic N) is 2. The second kappa shape index (κ2) is 5.31. The van der Waals surface area contributed by atoms with Gasteiger partial charge in [-0.15, -0.1) is 0 Å². The van der Waals surface area contributed by atoms with Gasteiger partial charge in [0.25, 0.3) is 0 Å². The second-order valence-electron chi connectivity index (χ2n) is 4.56. The number of likely N-dealkylation sites (N-methyl/N-ethyl adjacent to an activating group) is 1. The molecule has 0 aliphatic rings. The highest BCUT2D eigenvalue weighted by Crippen LogP contribution is 2.20. The summed E-state index contributed by atoms with van der Waals surface area (Å²) < 4.78 is 15.0. The van der Waals surface area contributed by atoms with E-state index in [2.05, 4.69) is 10.4 Å². The zero-order chi connectivity index (χ0) is 13.1. The lowest BCUT2D eigenvalue weighted by atomic mass is 9.98. The maximum absolute atomic E-state index is 13.3. The molecule has 2 rings (SSSR count). The van der Waals surface area contributed by atoms with Crippen LogP contribution in [0.3, 0.4) is 0 Å². The van der Waals surface area contributed by atoms with E-state index in [0.29, 0.717) is 0 Å². The Hall–Kier alpha value is -1.68. The molecule has 0 aliphatic heterocycles. The van der Waals surface area contributed by atoms with Crippen molar-refractivity contribution in [3.05, 3.63) is 53.1 Å². The molecule has 0 radical (unpaired) electrons. The van der Waals surface area contributed by atoms with Crippen LogP contribution in [0.25, 0.3) is 0 Å². The molecule has 0 spiro atoms. The zero-order valence-corrected chi connectivity index (χ0v) is 10.9. The van der Waals surface area contributed by atoms with Crippen LogP contribution >= 0.6 is 0 Å². The number of benzene rings is 1. The first-order valence-corrected chi connectivity index (χ1v) is 6.01. The molecule has 1 atom stereocenters. The van der Waals surface area contributed by atoms with Crippen molar-refractivity contribution in [1.29, 1.82) is 0 Å². The minimum absolute atomic E-state index is 0.152. The molecule has 2 aromatic rings. The van der Waals surface area contributed by atoms with Crippen LogP contribution in [0.4, 0.5) is 4.39 Å². The molecule has 3 nitrogen and oxygen atoms in total. The number of rotatable bonds is 4. The Morgan fingerprint density at radius 1 is 1.44 bits per heavy atom. The first-order valence-electron chi connectivity index (χ1n) is 6.01. The number of halogens is 1. The van der Waals surface area contributed by atoms with Crippen LogP contribution in [0.2, 0.25) is 0 Å². The van der Waals surface area contributed by atoms with Gasteiger partial charge in [-0.25, -0.2) is 4.39 Å². The summed E-state index contributed by atoms with van der Waals surface area (Å²) in [7, 11) is 3.80. The average Bonchev–Trinajstić information content (AvgIpc) is 2.77. The monoisotopic (exact) mass is 247 g/mol. The van der Waals surface area contributed by atoms with E-state index in [1.807, 2.05) is 39.5 Å². The topological polar surface area (TPSA) is 29.9 Å². The normalized spacial score (nSPS) is 12.7. The van der Waals surface area contributed by atoms with Gasteiger partial charge in [-0.05, 0) is 43.7 Å². The molecule has 1 aromatic heterocycles. The third-order valence-corrected chi connectivity index (χ3v) is 3.21. The van der Waals surface area contributed by atoms with E-state index in [4.69, 9.17) is 0 Å². The first kappa shape index (κ1) is 12.8. The molecule has 18 heavy (non-hydrogen) atoms. The van der Waals surface area contributed by atoms with Crippen molar-refractivity contribution in [2.24, 2.45) is 7.05 Å². The minimum Gasteiger partial charge on any atom is -0.313 e. The van der Waals surface area contributed by atoms with Crippen molar-refractivity contribution < 1.29 is 4.39 Å². The van der Waals surface area contributed by atoms with Gasteiger partial charge in [0.05, 0.1) is 6.20 Å². The largest absolute Gasteiger partial charge is 0.313 e. The summed E-state index contributed by atoms with van der Waals surface area (Å²) in [6.45, 7) is 2.00. The fourth-order valence-electron chi connectivity index (χ4n) is 2.09. The molecule has 0 amide bonds. The summed E-state index contributed by atoms with van der Waals surface area (Å²) in [5.74, 6) is -0.184. The van der Waals surface area contributed by atoms with E-state index in [-0.39, 0.29) is 11.9 Å². The van der Waals surface area contributed by atoms with Crippen molar-refractivity contribution in [3.63, 3.8) is 0 Å². The fraction of sp³-hybridized carbons (Fsp3) is 0.357. The molecule has 0 aliphatic carbocycles. The van der Waals surface area contributed by atoms with E-state index in [9.17, 15) is 4.39 Å². The molecule has 0 fully saturated rings. The van der Waals surface area contributed by atoms with Crippen LogP contribution in [-0.4, -0.2) is 16.8 Å². The molecule has 1 N–H and O–H groups in total. The molecule has 0 saturated heterocycles. The van der Waals surface area contributed by atoms with Gasteiger partial charge in [-0.3, -0.25) is 4.68 Å². The summed E-state index contributed by atoms with van der Waals surface area (Å²) in [5.41, 5.74) is 3.25. The Morgan fingerprint density at radius 3 is 2.83 bits per heavy atom. The van der Waals surface area contributed by atoms with Gasteiger partial charge in [0.2, 0.25) is 0 Å². The van der Waals surface area contributed by atoms with Crippen molar-refractivity contribution in [1.82, 2.24) is 15.1 Å². The lowest BCUT2D eigenvalue weighted by molar-refractivity contribution is 0.581. The van der Waals surface area contributed by atoms with Gasteiger partial charge >= 0.3 is 0 Å². The van der Waals surface area contributed by atoms with Gasteiger partial charge in [-0.1, -0.05) is 6.07 Å². The van der Waals surface area contributed by atoms with E-state index < -0.39 is 0 Å². The van der Waals surface area contributed by atoms with Gasteiger partial charge in [0.15, 0.2) is 0 Å². The molecular weight excluding hydrogens is 229 g/mol. The Bertz CT molecular complexity index is 534. The molecule has 4 heteroatoms. The average molecular weight is 247 g/mol. The van der Waals surface area contributed by atoms with Crippen LogP contribution in [0.1, 0.15) is 22.7 Å². The Balaban J connectivity index is 2.22. The van der Waals surface area contributed by atoms with Crippen LogP contribution in [0, 0.1) is 12.7 Å². The SMILES string of the molecule is CNC(Cc1cc(F)ccc1C)c1cnn(C)c1. The number of aromatic nitrogens is 2. The zero-order valence-electron chi connectivity index (χ0n) is 10.9. The van der Waals surface area contributed by atoms with Crippen LogP contribution in [0.15, 0.2) is 30.6 Å². The van der Waals surface area contributed by atoms with Crippen molar-refractivity contribution in [2.75, 3.05) is 7.05 Å². The van der Waals surface area contributed by atoms with E-state index in [1.54, 1.807) is 10.7 Å². The standard InChI is InChI=1S/C14H18FN3/c1-10-4-5-13(15)6-11(10)7-14(16-2)12-8-17-18(3)9-12/h4-6,8-9,14,16H,7H2,1-3H3. The molecule has 96 valence electrons. The Morgan fingerprint density at radius 2 is 2.22 bits per heavy atom. The number of aryl methyl sites for hydroxylation is 2. The minimum atomic E-state index is -0.184. The predicted molar refractivity (Wildman–Crippen MR) is 69.8 cm³/mol. The van der Waals surface area contributed by atoms with Crippen molar-refractivity contribution in [2.45, 2.75) is 19.4 Å². The highest BCUT2D eigenvalue weighted by molar-refractivity contribution is 5.29. The van der Waals surface area contributed by atoms with Crippen LogP contribution in [-0.2, 0) is 13.5 Å². The lowest BCUT2D eigenvalue weighted by Gasteiger charge is -2.16. The number of hydrogen-bond acceptors (Lipinski definition) is 2. The fourth-order valence-corrected chi connectivity index (χ4v) is 2.09. The summed E-state index contributed by atoms with van der Waals surface area (Å²) in [5, 5.41) is 7.42. The maximum atomic E-state index is 13.3. The molecule has 1 heterocycles. The summed E-state index contributed by atoms with van der Waals surface area (Å²) >= 11 is 0. The van der Waals surface area contributed by atoms with Gasteiger partial charge < -0.3 is 5.32 Å². The van der Waals surface area contributed by atoms with E-state index >= 15 is 0 Å². The smallest absolute Gasteiger partial charge is 0.123 e. The number of hydrogen-bond donors (Lipinski definition) is 1. The third-order valence-electron chi connectivity index (χ3n) is 3.21. The van der Waals surface area contributed by atoms with Gasteiger partial charge in [0.1, 0.15) is 5.82 Å². The van der Waals surface area contributed by atoms with Crippen molar-refractivity contribution in [3.8, 4) is 0 Å². The van der Waals surface area contributed by atoms with E-state index in [0.717, 1.165) is 23.1 Å².